The number of piperazine rings is 1. The lowest BCUT2D eigenvalue weighted by atomic mass is 10.2. The van der Waals surface area contributed by atoms with Crippen molar-refractivity contribution in [3.05, 3.63) is 64.3 Å². The molecular formula is C21H23N5O4S. The molecule has 0 saturated carbocycles. The first kappa shape index (κ1) is 21.1. The molecule has 0 atom stereocenters. The van der Waals surface area contributed by atoms with E-state index in [1.54, 1.807) is 15.7 Å². The van der Waals surface area contributed by atoms with Gasteiger partial charge in [-0.1, -0.05) is 43.0 Å². The second kappa shape index (κ2) is 8.94. The summed E-state index contributed by atoms with van der Waals surface area (Å²) in [5.74, 6) is -0.0370. The van der Waals surface area contributed by atoms with Crippen LogP contribution in [0.3, 0.4) is 0 Å². The second-order valence-corrected chi connectivity index (χ2v) is 7.86. The van der Waals surface area contributed by atoms with E-state index >= 15 is 0 Å². The summed E-state index contributed by atoms with van der Waals surface area (Å²) in [6.07, 6.45) is 3.12. The lowest BCUT2D eigenvalue weighted by Gasteiger charge is -2.32. The minimum Gasteiger partial charge on any atom is -0.481 e. The maximum Gasteiger partial charge on any atom is 0.302 e. The predicted octanol–water partition coefficient (Wildman–Crippen LogP) is 0.919. The van der Waals surface area contributed by atoms with Gasteiger partial charge in [-0.05, 0) is 12.6 Å². The summed E-state index contributed by atoms with van der Waals surface area (Å²) in [5.41, 5.74) is 0.153. The first-order valence-corrected chi connectivity index (χ1v) is 10.4. The van der Waals surface area contributed by atoms with Crippen molar-refractivity contribution in [1.82, 2.24) is 23.8 Å². The molecule has 0 bridgehead atoms. The second-order valence-electron chi connectivity index (χ2n) is 7.45. The summed E-state index contributed by atoms with van der Waals surface area (Å²) in [4.78, 5) is 46.1. The van der Waals surface area contributed by atoms with Crippen LogP contribution >= 0.6 is 12.6 Å². The Morgan fingerprint density at radius 1 is 1.10 bits per heavy atom. The Balaban J connectivity index is 1.62. The van der Waals surface area contributed by atoms with Crippen LogP contribution < -0.4 is 10.3 Å². The fourth-order valence-electron chi connectivity index (χ4n) is 3.49. The Labute approximate surface area is 184 Å². The molecule has 1 aromatic carbocycles. The van der Waals surface area contributed by atoms with Crippen molar-refractivity contribution in [3.63, 3.8) is 0 Å². The van der Waals surface area contributed by atoms with Crippen molar-refractivity contribution >= 4 is 29.4 Å². The average Bonchev–Trinajstić information content (AvgIpc) is 3.17. The number of likely N-dealkylation sites (N-methyl/N-ethyl adjacent to an activating group) is 1. The van der Waals surface area contributed by atoms with Crippen molar-refractivity contribution in [2.75, 3.05) is 33.2 Å². The number of carbonyl (C=O) groups excluding carboxylic acids is 2. The number of thiol groups is 1. The van der Waals surface area contributed by atoms with Crippen molar-refractivity contribution < 1.29 is 14.3 Å². The Hall–Kier alpha value is -3.11. The lowest BCUT2D eigenvalue weighted by molar-refractivity contribution is -0.133. The van der Waals surface area contributed by atoms with Crippen LogP contribution in [0.1, 0.15) is 16.1 Å². The zero-order valence-corrected chi connectivity index (χ0v) is 18.0. The minimum atomic E-state index is -0.680. The monoisotopic (exact) mass is 441 g/mol. The van der Waals surface area contributed by atoms with Crippen LogP contribution in [-0.2, 0) is 17.9 Å². The molecule has 0 spiro atoms. The first-order chi connectivity index (χ1) is 14.9. The quantitative estimate of drug-likeness (QED) is 0.573. The van der Waals surface area contributed by atoms with Gasteiger partial charge in [0.25, 0.3) is 0 Å². The number of benzene rings is 1. The topological polar surface area (TPSA) is 89.1 Å². The van der Waals surface area contributed by atoms with E-state index in [0.29, 0.717) is 13.1 Å². The van der Waals surface area contributed by atoms with Gasteiger partial charge in [-0.25, -0.2) is 9.38 Å². The predicted molar refractivity (Wildman–Crippen MR) is 118 cm³/mol. The molecular weight excluding hydrogens is 418 g/mol. The van der Waals surface area contributed by atoms with Gasteiger partial charge in [-0.3, -0.25) is 14.4 Å². The van der Waals surface area contributed by atoms with Crippen LogP contribution in [0.25, 0.3) is 5.78 Å². The van der Waals surface area contributed by atoms with Gasteiger partial charge in [-0.2, -0.15) is 0 Å². The number of nitrogens with zero attached hydrogens (tertiary/aromatic N) is 5. The van der Waals surface area contributed by atoms with E-state index in [1.165, 1.54) is 10.6 Å². The Morgan fingerprint density at radius 3 is 2.48 bits per heavy atom. The van der Waals surface area contributed by atoms with Gasteiger partial charge in [0.15, 0.2) is 5.69 Å². The smallest absolute Gasteiger partial charge is 0.302 e. The molecule has 1 aliphatic rings. The molecule has 162 valence electrons. The SMILES string of the molecule is CN1CCN(C(=O)Cn2ccn3c(=O)c(OCc4ccccc4)c(C(=O)S)nc23)CC1. The standard InChI is InChI=1S/C21H23N5O4S/c1-23-7-9-24(10-8-23)16(27)13-25-11-12-26-19(28)18(17(20(29)31)22-21(25)26)30-14-15-5-3-2-4-6-15/h2-6,11-12H,7-10,13-14H2,1H3,(H,29,31). The average molecular weight is 442 g/mol. The van der Waals surface area contributed by atoms with E-state index in [4.69, 9.17) is 4.74 Å². The normalized spacial score (nSPS) is 14.7. The van der Waals surface area contributed by atoms with E-state index < -0.39 is 10.7 Å². The fourth-order valence-corrected chi connectivity index (χ4v) is 3.64. The molecule has 9 nitrogen and oxygen atoms in total. The number of imidazole rings is 1. The van der Waals surface area contributed by atoms with Crippen molar-refractivity contribution in [1.29, 1.82) is 0 Å². The molecule has 1 amide bonds. The summed E-state index contributed by atoms with van der Waals surface area (Å²) < 4.78 is 8.50. The summed E-state index contributed by atoms with van der Waals surface area (Å²) in [6.45, 7) is 3.07. The van der Waals surface area contributed by atoms with Gasteiger partial charge in [0.1, 0.15) is 13.2 Å². The molecule has 1 aliphatic heterocycles. The van der Waals surface area contributed by atoms with E-state index in [9.17, 15) is 14.4 Å². The number of aromatic nitrogens is 3. The molecule has 4 rings (SSSR count). The third kappa shape index (κ3) is 4.49. The number of amides is 1. The molecule has 31 heavy (non-hydrogen) atoms. The summed E-state index contributed by atoms with van der Waals surface area (Å²) >= 11 is 3.87. The Bertz CT molecular complexity index is 1170. The molecule has 3 heterocycles. The van der Waals surface area contributed by atoms with Crippen LogP contribution in [0.15, 0.2) is 47.5 Å². The molecule has 2 aromatic heterocycles. The first-order valence-electron chi connectivity index (χ1n) is 9.92. The number of rotatable bonds is 6. The highest BCUT2D eigenvalue weighted by Crippen LogP contribution is 2.17. The van der Waals surface area contributed by atoms with E-state index in [1.807, 2.05) is 37.4 Å². The highest BCUT2D eigenvalue weighted by molar-refractivity contribution is 7.97. The van der Waals surface area contributed by atoms with Crippen LogP contribution in [0.2, 0.25) is 0 Å². The van der Waals surface area contributed by atoms with Crippen LogP contribution in [-0.4, -0.2) is 68.0 Å². The Kier molecular flexibility index (Phi) is 6.10. The summed E-state index contributed by atoms with van der Waals surface area (Å²) in [7, 11) is 2.02. The molecule has 0 aliphatic carbocycles. The van der Waals surface area contributed by atoms with Crippen molar-refractivity contribution in [2.45, 2.75) is 13.2 Å². The maximum atomic E-state index is 13.0. The van der Waals surface area contributed by atoms with E-state index in [2.05, 4.69) is 22.5 Å². The van der Waals surface area contributed by atoms with Gasteiger partial charge in [0.05, 0.1) is 0 Å². The molecule has 10 heteroatoms. The lowest BCUT2D eigenvalue weighted by Crippen LogP contribution is -2.48. The van der Waals surface area contributed by atoms with Gasteiger partial charge in [-0.15, -0.1) is 0 Å². The van der Waals surface area contributed by atoms with Gasteiger partial charge in [0, 0.05) is 38.6 Å². The number of fused-ring (bicyclic) bond motifs is 1. The van der Waals surface area contributed by atoms with E-state index in [0.717, 1.165) is 18.7 Å². The molecule has 3 aromatic rings. The fraction of sp³-hybridized carbons (Fsp3) is 0.333. The molecule has 0 N–H and O–H groups in total. The summed E-state index contributed by atoms with van der Waals surface area (Å²) in [5, 5.41) is -0.680. The van der Waals surface area contributed by atoms with Crippen LogP contribution in [0.5, 0.6) is 5.75 Å². The van der Waals surface area contributed by atoms with Crippen molar-refractivity contribution in [2.24, 2.45) is 0 Å². The van der Waals surface area contributed by atoms with Gasteiger partial charge >= 0.3 is 5.56 Å². The largest absolute Gasteiger partial charge is 0.481 e. The van der Waals surface area contributed by atoms with E-state index in [-0.39, 0.29) is 36.3 Å². The number of ether oxygens (including phenoxy) is 1. The zero-order valence-electron chi connectivity index (χ0n) is 17.1. The number of hydrogen-bond donors (Lipinski definition) is 1. The number of carbonyl (C=O) groups is 2. The van der Waals surface area contributed by atoms with Crippen LogP contribution in [0, 0.1) is 0 Å². The maximum absolute atomic E-state index is 13.0. The molecule has 1 fully saturated rings. The van der Waals surface area contributed by atoms with Crippen LogP contribution in [0.4, 0.5) is 0 Å². The highest BCUT2D eigenvalue weighted by Gasteiger charge is 2.23. The highest BCUT2D eigenvalue weighted by atomic mass is 32.1. The molecule has 0 unspecified atom stereocenters. The number of hydrogen-bond acceptors (Lipinski definition) is 6. The summed E-state index contributed by atoms with van der Waals surface area (Å²) in [6, 6.07) is 9.30. The minimum absolute atomic E-state index is 0.0249. The Morgan fingerprint density at radius 2 is 1.81 bits per heavy atom. The molecule has 1 saturated heterocycles. The van der Waals surface area contributed by atoms with Crippen molar-refractivity contribution in [3.8, 4) is 5.75 Å². The third-order valence-electron chi connectivity index (χ3n) is 5.30. The zero-order chi connectivity index (χ0) is 22.0. The third-order valence-corrected chi connectivity index (χ3v) is 5.51. The molecule has 0 radical (unpaired) electrons. The van der Waals surface area contributed by atoms with Gasteiger partial charge in [0.2, 0.25) is 22.5 Å². The van der Waals surface area contributed by atoms with Gasteiger partial charge < -0.3 is 19.1 Å².